The zero-order valence-corrected chi connectivity index (χ0v) is 10.7. The van der Waals surface area contributed by atoms with Crippen LogP contribution in [0.5, 0.6) is 0 Å². The molecule has 1 rings (SSSR count). The van der Waals surface area contributed by atoms with E-state index in [1.807, 2.05) is 0 Å². The summed E-state index contributed by atoms with van der Waals surface area (Å²) in [7, 11) is 0. The normalized spacial score (nSPS) is 10.2. The lowest BCUT2D eigenvalue weighted by molar-refractivity contribution is 0.100. The number of benzene rings is 1. The molecule has 5 heteroatoms. The van der Waals surface area contributed by atoms with Gasteiger partial charge in [-0.3, -0.25) is 4.79 Å². The fraction of sp³-hybridized carbons (Fsp3) is 0.417. The lowest BCUT2D eigenvalue weighted by Gasteiger charge is -2.08. The quantitative estimate of drug-likeness (QED) is 0.652. The van der Waals surface area contributed by atoms with Crippen molar-refractivity contribution in [1.29, 1.82) is 0 Å². The maximum atomic E-state index is 11.0. The lowest BCUT2D eigenvalue weighted by atomic mass is 10.2. The Kier molecular flexibility index (Phi) is 5.80. The van der Waals surface area contributed by atoms with E-state index in [4.69, 9.17) is 17.3 Å². The van der Waals surface area contributed by atoms with Crippen molar-refractivity contribution in [3.63, 3.8) is 0 Å². The van der Waals surface area contributed by atoms with E-state index in [9.17, 15) is 4.79 Å². The minimum Gasteiger partial charge on any atom is -0.385 e. The Morgan fingerprint density at radius 3 is 2.76 bits per heavy atom. The molecule has 0 saturated carbocycles. The standard InChI is InChI=1S/C12H18ClN3O/c1-2-15-6-3-7-16-9-4-5-10(12(14)17)11(13)8-9/h4-5,8,15-16H,2-3,6-7H2,1H3,(H2,14,17). The first kappa shape index (κ1) is 13.8. The molecule has 1 aromatic carbocycles. The third-order valence-electron chi connectivity index (χ3n) is 2.34. The minimum absolute atomic E-state index is 0.352. The van der Waals surface area contributed by atoms with E-state index >= 15 is 0 Å². The third kappa shape index (κ3) is 4.63. The van der Waals surface area contributed by atoms with Crippen LogP contribution in [0.2, 0.25) is 5.02 Å². The van der Waals surface area contributed by atoms with Crippen LogP contribution in [0.25, 0.3) is 0 Å². The number of anilines is 1. The van der Waals surface area contributed by atoms with Gasteiger partial charge < -0.3 is 16.4 Å². The fourth-order valence-corrected chi connectivity index (χ4v) is 1.72. The van der Waals surface area contributed by atoms with Crippen LogP contribution in [0.4, 0.5) is 5.69 Å². The summed E-state index contributed by atoms with van der Waals surface area (Å²) in [5.74, 6) is -0.506. The molecule has 0 aliphatic heterocycles. The van der Waals surface area contributed by atoms with Gasteiger partial charge in [0.15, 0.2) is 0 Å². The van der Waals surface area contributed by atoms with Gasteiger partial charge in [-0.15, -0.1) is 0 Å². The van der Waals surface area contributed by atoms with Crippen LogP contribution in [0.15, 0.2) is 18.2 Å². The molecule has 4 nitrogen and oxygen atoms in total. The van der Waals surface area contributed by atoms with Gasteiger partial charge in [0.05, 0.1) is 10.6 Å². The second-order valence-electron chi connectivity index (χ2n) is 3.69. The Morgan fingerprint density at radius 2 is 2.18 bits per heavy atom. The van der Waals surface area contributed by atoms with Gasteiger partial charge in [-0.25, -0.2) is 0 Å². The number of rotatable bonds is 7. The molecule has 0 radical (unpaired) electrons. The van der Waals surface area contributed by atoms with Crippen LogP contribution in [0, 0.1) is 0 Å². The summed E-state index contributed by atoms with van der Waals surface area (Å²) < 4.78 is 0. The monoisotopic (exact) mass is 255 g/mol. The third-order valence-corrected chi connectivity index (χ3v) is 2.66. The Hall–Kier alpha value is -1.26. The van der Waals surface area contributed by atoms with Gasteiger partial charge in [0, 0.05) is 12.2 Å². The number of carbonyl (C=O) groups excluding carboxylic acids is 1. The van der Waals surface area contributed by atoms with E-state index in [0.29, 0.717) is 10.6 Å². The maximum Gasteiger partial charge on any atom is 0.250 e. The maximum absolute atomic E-state index is 11.0. The first-order chi connectivity index (χ1) is 8.15. The topological polar surface area (TPSA) is 67.2 Å². The molecular weight excluding hydrogens is 238 g/mol. The summed E-state index contributed by atoms with van der Waals surface area (Å²) in [5, 5.41) is 6.86. The van der Waals surface area contributed by atoms with Gasteiger partial charge in [-0.1, -0.05) is 18.5 Å². The molecular formula is C12H18ClN3O. The van der Waals surface area contributed by atoms with Crippen LogP contribution in [0.1, 0.15) is 23.7 Å². The Labute approximate surface area is 107 Å². The van der Waals surface area contributed by atoms with E-state index in [0.717, 1.165) is 31.7 Å². The molecule has 1 amide bonds. The van der Waals surface area contributed by atoms with Crippen molar-refractivity contribution in [1.82, 2.24) is 5.32 Å². The highest BCUT2D eigenvalue weighted by Gasteiger charge is 2.06. The van der Waals surface area contributed by atoms with Crippen molar-refractivity contribution in [2.24, 2.45) is 5.73 Å². The summed E-state index contributed by atoms with van der Waals surface area (Å²) in [6, 6.07) is 5.16. The number of amides is 1. The molecule has 4 N–H and O–H groups in total. The van der Waals surface area contributed by atoms with E-state index in [2.05, 4.69) is 17.6 Å². The molecule has 0 spiro atoms. The van der Waals surface area contributed by atoms with Crippen LogP contribution < -0.4 is 16.4 Å². The van der Waals surface area contributed by atoms with Gasteiger partial charge in [0.1, 0.15) is 0 Å². The molecule has 0 bridgehead atoms. The molecule has 0 aliphatic carbocycles. The molecule has 0 heterocycles. The van der Waals surface area contributed by atoms with Gasteiger partial charge in [0.25, 0.3) is 0 Å². The summed E-state index contributed by atoms with van der Waals surface area (Å²) in [4.78, 5) is 11.0. The predicted molar refractivity (Wildman–Crippen MR) is 71.6 cm³/mol. The molecule has 1 aromatic rings. The highest BCUT2D eigenvalue weighted by atomic mass is 35.5. The second kappa shape index (κ2) is 7.14. The Balaban J connectivity index is 2.45. The number of nitrogens with two attached hydrogens (primary N) is 1. The van der Waals surface area contributed by atoms with Crippen molar-refractivity contribution >= 4 is 23.2 Å². The summed E-state index contributed by atoms with van der Waals surface area (Å²) in [6.07, 6.45) is 1.03. The number of hydrogen-bond donors (Lipinski definition) is 3. The number of primary amides is 1. The van der Waals surface area contributed by atoms with Crippen LogP contribution >= 0.6 is 11.6 Å². The minimum atomic E-state index is -0.506. The SMILES string of the molecule is CCNCCCNc1ccc(C(N)=O)c(Cl)c1. The first-order valence-electron chi connectivity index (χ1n) is 5.69. The van der Waals surface area contributed by atoms with Crippen molar-refractivity contribution < 1.29 is 4.79 Å². The van der Waals surface area contributed by atoms with Gasteiger partial charge in [0.2, 0.25) is 5.91 Å². The first-order valence-corrected chi connectivity index (χ1v) is 6.07. The summed E-state index contributed by atoms with van der Waals surface area (Å²) in [6.45, 7) is 4.91. The number of hydrogen-bond acceptors (Lipinski definition) is 3. The second-order valence-corrected chi connectivity index (χ2v) is 4.10. The number of nitrogens with one attached hydrogen (secondary N) is 2. The lowest BCUT2D eigenvalue weighted by Crippen LogP contribution is -2.17. The summed E-state index contributed by atoms with van der Waals surface area (Å²) >= 11 is 5.93. The molecule has 17 heavy (non-hydrogen) atoms. The zero-order chi connectivity index (χ0) is 12.7. The van der Waals surface area contributed by atoms with E-state index < -0.39 is 5.91 Å². The largest absolute Gasteiger partial charge is 0.385 e. The number of carbonyl (C=O) groups is 1. The fourth-order valence-electron chi connectivity index (χ4n) is 1.45. The Bertz CT molecular complexity index is 382. The van der Waals surface area contributed by atoms with Crippen molar-refractivity contribution in [2.75, 3.05) is 25.0 Å². The molecule has 0 atom stereocenters. The van der Waals surface area contributed by atoms with Crippen LogP contribution in [-0.4, -0.2) is 25.5 Å². The number of halogens is 1. The van der Waals surface area contributed by atoms with Crippen LogP contribution in [0.3, 0.4) is 0 Å². The van der Waals surface area contributed by atoms with Crippen molar-refractivity contribution in [3.05, 3.63) is 28.8 Å². The molecule has 0 saturated heterocycles. The van der Waals surface area contributed by atoms with Gasteiger partial charge in [-0.05, 0) is 37.7 Å². The van der Waals surface area contributed by atoms with E-state index in [-0.39, 0.29) is 0 Å². The van der Waals surface area contributed by atoms with Crippen LogP contribution in [-0.2, 0) is 0 Å². The predicted octanol–water partition coefficient (Wildman–Crippen LogP) is 1.85. The average molecular weight is 256 g/mol. The smallest absolute Gasteiger partial charge is 0.250 e. The molecule has 0 unspecified atom stereocenters. The van der Waals surface area contributed by atoms with Gasteiger partial charge >= 0.3 is 0 Å². The molecule has 0 fully saturated rings. The molecule has 0 aliphatic rings. The average Bonchev–Trinajstić information content (AvgIpc) is 2.28. The van der Waals surface area contributed by atoms with E-state index in [1.54, 1.807) is 18.2 Å². The Morgan fingerprint density at radius 1 is 1.41 bits per heavy atom. The zero-order valence-electron chi connectivity index (χ0n) is 9.92. The molecule has 94 valence electrons. The summed E-state index contributed by atoms with van der Waals surface area (Å²) in [5.41, 5.74) is 6.42. The van der Waals surface area contributed by atoms with E-state index in [1.165, 1.54) is 0 Å². The highest BCUT2D eigenvalue weighted by molar-refractivity contribution is 6.34. The van der Waals surface area contributed by atoms with Gasteiger partial charge in [-0.2, -0.15) is 0 Å². The van der Waals surface area contributed by atoms with Crippen molar-refractivity contribution in [3.8, 4) is 0 Å². The molecule has 0 aromatic heterocycles. The highest BCUT2D eigenvalue weighted by Crippen LogP contribution is 2.20. The van der Waals surface area contributed by atoms with Crippen molar-refractivity contribution in [2.45, 2.75) is 13.3 Å².